The maximum absolute atomic E-state index is 12.8. The van der Waals surface area contributed by atoms with E-state index in [1.807, 2.05) is 32.0 Å². The Kier molecular flexibility index (Phi) is 5.97. The molecule has 0 saturated heterocycles. The molecule has 144 valence electrons. The molecular formula is C21H27N3O2S. The SMILES string of the molecule is Cc1ccc(C(=O)Nc2sc3c(c2C(=O)NN(C)C)CCCCC3)cc1C. The molecule has 3 rings (SSSR count). The van der Waals surface area contributed by atoms with Crippen LogP contribution in [0.3, 0.4) is 0 Å². The van der Waals surface area contributed by atoms with E-state index in [2.05, 4.69) is 10.7 Å². The van der Waals surface area contributed by atoms with Crippen molar-refractivity contribution >= 4 is 28.2 Å². The molecule has 1 aromatic carbocycles. The number of hydrogen-bond acceptors (Lipinski definition) is 4. The molecule has 5 nitrogen and oxygen atoms in total. The lowest BCUT2D eigenvalue weighted by atomic mass is 10.0. The zero-order valence-electron chi connectivity index (χ0n) is 16.4. The second kappa shape index (κ2) is 8.23. The molecule has 0 fully saturated rings. The van der Waals surface area contributed by atoms with E-state index in [0.29, 0.717) is 16.1 Å². The third-order valence-corrected chi connectivity index (χ3v) is 6.18. The Bertz CT molecular complexity index is 871. The van der Waals surface area contributed by atoms with Gasteiger partial charge in [-0.15, -0.1) is 11.3 Å². The van der Waals surface area contributed by atoms with E-state index in [0.717, 1.165) is 42.4 Å². The van der Waals surface area contributed by atoms with Crippen molar-refractivity contribution in [3.63, 3.8) is 0 Å². The van der Waals surface area contributed by atoms with Crippen LogP contribution in [0, 0.1) is 13.8 Å². The number of hydrazine groups is 1. The van der Waals surface area contributed by atoms with Crippen LogP contribution in [0.2, 0.25) is 0 Å². The summed E-state index contributed by atoms with van der Waals surface area (Å²) in [6.45, 7) is 4.02. The van der Waals surface area contributed by atoms with Gasteiger partial charge in [0, 0.05) is 24.5 Å². The van der Waals surface area contributed by atoms with Gasteiger partial charge in [-0.2, -0.15) is 0 Å². The number of aryl methyl sites for hydroxylation is 3. The number of anilines is 1. The van der Waals surface area contributed by atoms with Crippen LogP contribution in [0.1, 0.15) is 61.5 Å². The summed E-state index contributed by atoms with van der Waals surface area (Å²) in [7, 11) is 3.58. The van der Waals surface area contributed by atoms with E-state index in [1.165, 1.54) is 11.3 Å². The number of carbonyl (C=O) groups is 2. The number of carbonyl (C=O) groups excluding carboxylic acids is 2. The molecule has 2 aromatic rings. The molecule has 0 saturated carbocycles. The number of amides is 2. The number of thiophene rings is 1. The highest BCUT2D eigenvalue weighted by Gasteiger charge is 2.26. The molecule has 1 aromatic heterocycles. The van der Waals surface area contributed by atoms with E-state index < -0.39 is 0 Å². The molecule has 0 aliphatic heterocycles. The topological polar surface area (TPSA) is 61.4 Å². The highest BCUT2D eigenvalue weighted by atomic mass is 32.1. The van der Waals surface area contributed by atoms with Gasteiger partial charge in [-0.25, -0.2) is 5.01 Å². The number of hydrogen-bond donors (Lipinski definition) is 2. The van der Waals surface area contributed by atoms with Crippen LogP contribution in [0.25, 0.3) is 0 Å². The first-order valence-electron chi connectivity index (χ1n) is 9.38. The van der Waals surface area contributed by atoms with Gasteiger partial charge in [0.05, 0.1) is 5.56 Å². The minimum atomic E-state index is -0.173. The number of fused-ring (bicyclic) bond motifs is 1. The molecule has 1 aliphatic rings. The van der Waals surface area contributed by atoms with Crippen LogP contribution in [-0.2, 0) is 12.8 Å². The molecule has 2 N–H and O–H groups in total. The number of nitrogens with one attached hydrogen (secondary N) is 2. The molecule has 1 heterocycles. The van der Waals surface area contributed by atoms with Crippen LogP contribution in [0.5, 0.6) is 0 Å². The van der Waals surface area contributed by atoms with Gasteiger partial charge in [-0.3, -0.25) is 15.0 Å². The predicted octanol–water partition coefficient (Wildman–Crippen LogP) is 4.09. The van der Waals surface area contributed by atoms with Gasteiger partial charge in [0.15, 0.2) is 0 Å². The van der Waals surface area contributed by atoms with E-state index >= 15 is 0 Å². The Labute approximate surface area is 164 Å². The summed E-state index contributed by atoms with van der Waals surface area (Å²) in [6.07, 6.45) is 5.26. The third-order valence-electron chi connectivity index (χ3n) is 4.97. The predicted molar refractivity (Wildman–Crippen MR) is 111 cm³/mol. The van der Waals surface area contributed by atoms with Crippen molar-refractivity contribution in [3.8, 4) is 0 Å². The standard InChI is InChI=1S/C21H27N3O2S/c1-13-10-11-15(12-14(13)2)19(25)22-21-18(20(26)23-24(3)4)16-8-6-5-7-9-17(16)27-21/h10-12H,5-9H2,1-4H3,(H,22,25)(H,23,26). The van der Waals surface area contributed by atoms with Crippen LogP contribution in [0.4, 0.5) is 5.00 Å². The second-order valence-corrected chi connectivity index (χ2v) is 8.46. The molecule has 0 spiro atoms. The normalized spacial score (nSPS) is 13.8. The molecule has 1 aliphatic carbocycles. The van der Waals surface area contributed by atoms with Crippen molar-refractivity contribution in [1.29, 1.82) is 0 Å². The average molecular weight is 386 g/mol. The smallest absolute Gasteiger partial charge is 0.268 e. The molecule has 0 unspecified atom stereocenters. The minimum absolute atomic E-state index is 0.158. The maximum atomic E-state index is 12.8. The van der Waals surface area contributed by atoms with Crippen molar-refractivity contribution in [2.45, 2.75) is 46.0 Å². The van der Waals surface area contributed by atoms with E-state index in [4.69, 9.17) is 0 Å². The summed E-state index contributed by atoms with van der Waals surface area (Å²) in [4.78, 5) is 26.9. The minimum Gasteiger partial charge on any atom is -0.313 e. The van der Waals surface area contributed by atoms with Gasteiger partial charge >= 0.3 is 0 Å². The summed E-state index contributed by atoms with van der Waals surface area (Å²) in [5, 5.41) is 5.30. The second-order valence-electron chi connectivity index (χ2n) is 7.36. The van der Waals surface area contributed by atoms with E-state index in [1.54, 1.807) is 30.4 Å². The zero-order chi connectivity index (χ0) is 19.6. The Hall–Kier alpha value is -2.18. The molecule has 2 amide bonds. The van der Waals surface area contributed by atoms with Gasteiger partial charge < -0.3 is 5.32 Å². The lowest BCUT2D eigenvalue weighted by Crippen LogP contribution is -2.36. The average Bonchev–Trinajstić information content (AvgIpc) is 2.77. The Morgan fingerprint density at radius 1 is 1.00 bits per heavy atom. The van der Waals surface area contributed by atoms with Crippen molar-refractivity contribution in [3.05, 3.63) is 50.9 Å². The van der Waals surface area contributed by atoms with Crippen molar-refractivity contribution in [1.82, 2.24) is 10.4 Å². The first-order chi connectivity index (χ1) is 12.9. The molecule has 0 atom stereocenters. The van der Waals surface area contributed by atoms with Crippen LogP contribution in [0.15, 0.2) is 18.2 Å². The highest BCUT2D eigenvalue weighted by Crippen LogP contribution is 2.37. The van der Waals surface area contributed by atoms with Crippen molar-refractivity contribution in [2.24, 2.45) is 0 Å². The monoisotopic (exact) mass is 385 g/mol. The lowest BCUT2D eigenvalue weighted by Gasteiger charge is -2.14. The molecule has 27 heavy (non-hydrogen) atoms. The number of benzene rings is 1. The number of rotatable bonds is 4. The summed E-state index contributed by atoms with van der Waals surface area (Å²) in [5.41, 5.74) is 7.41. The van der Waals surface area contributed by atoms with Gasteiger partial charge in [0.25, 0.3) is 11.8 Å². The number of nitrogens with zero attached hydrogens (tertiary/aromatic N) is 1. The zero-order valence-corrected chi connectivity index (χ0v) is 17.3. The van der Waals surface area contributed by atoms with Crippen LogP contribution < -0.4 is 10.7 Å². The van der Waals surface area contributed by atoms with Crippen LogP contribution >= 0.6 is 11.3 Å². The Morgan fingerprint density at radius 3 is 2.44 bits per heavy atom. The summed E-state index contributed by atoms with van der Waals surface area (Å²) < 4.78 is 0. The van der Waals surface area contributed by atoms with Gasteiger partial charge in [-0.05, 0) is 68.4 Å². The Morgan fingerprint density at radius 2 is 1.74 bits per heavy atom. The molecular weight excluding hydrogens is 358 g/mol. The molecule has 0 bridgehead atoms. The Balaban J connectivity index is 1.95. The molecule has 0 radical (unpaired) electrons. The fraction of sp³-hybridized carbons (Fsp3) is 0.429. The van der Waals surface area contributed by atoms with Gasteiger partial charge in [0.1, 0.15) is 5.00 Å². The van der Waals surface area contributed by atoms with E-state index in [-0.39, 0.29) is 11.8 Å². The van der Waals surface area contributed by atoms with Crippen molar-refractivity contribution < 1.29 is 9.59 Å². The summed E-state index contributed by atoms with van der Waals surface area (Å²) in [6, 6.07) is 5.67. The molecule has 6 heteroatoms. The first-order valence-corrected chi connectivity index (χ1v) is 10.2. The van der Waals surface area contributed by atoms with Gasteiger partial charge in [0.2, 0.25) is 0 Å². The van der Waals surface area contributed by atoms with Gasteiger partial charge in [-0.1, -0.05) is 12.5 Å². The van der Waals surface area contributed by atoms with Crippen molar-refractivity contribution in [2.75, 3.05) is 19.4 Å². The fourth-order valence-corrected chi connectivity index (χ4v) is 4.67. The lowest BCUT2D eigenvalue weighted by molar-refractivity contribution is 0.0857. The highest BCUT2D eigenvalue weighted by molar-refractivity contribution is 7.17. The van der Waals surface area contributed by atoms with E-state index in [9.17, 15) is 9.59 Å². The summed E-state index contributed by atoms with van der Waals surface area (Å²) >= 11 is 1.55. The first kappa shape index (κ1) is 19.6. The fourth-order valence-electron chi connectivity index (χ4n) is 3.39. The third kappa shape index (κ3) is 4.39. The maximum Gasteiger partial charge on any atom is 0.268 e. The quantitative estimate of drug-likeness (QED) is 0.615. The largest absolute Gasteiger partial charge is 0.313 e. The van der Waals surface area contributed by atoms with Crippen LogP contribution in [-0.4, -0.2) is 30.9 Å². The summed E-state index contributed by atoms with van der Waals surface area (Å²) in [5.74, 6) is -0.330.